The van der Waals surface area contributed by atoms with Gasteiger partial charge in [-0.3, -0.25) is 0 Å². The van der Waals surface area contributed by atoms with Crippen LogP contribution < -0.4 is 4.74 Å². The van der Waals surface area contributed by atoms with E-state index in [-0.39, 0.29) is 5.60 Å². The summed E-state index contributed by atoms with van der Waals surface area (Å²) in [5.41, 5.74) is 1.38. The fraction of sp³-hybridized carbons (Fsp3) is 0.333. The normalized spacial score (nSPS) is 17.8. The first-order valence-electron chi connectivity index (χ1n) is 4.58. The summed E-state index contributed by atoms with van der Waals surface area (Å²) in [6.45, 7) is 4.06. The SMILES string of the molecule is CC1(C)C[C]c2cc(C#N)ccc2O1. The molecule has 1 heterocycles. The van der Waals surface area contributed by atoms with Gasteiger partial charge in [0.05, 0.1) is 11.6 Å². The summed E-state index contributed by atoms with van der Waals surface area (Å²) >= 11 is 0. The summed E-state index contributed by atoms with van der Waals surface area (Å²) in [4.78, 5) is 0. The Morgan fingerprint density at radius 1 is 1.50 bits per heavy atom. The van der Waals surface area contributed by atoms with Crippen molar-refractivity contribution in [3.05, 3.63) is 35.7 Å². The van der Waals surface area contributed by atoms with E-state index in [1.54, 1.807) is 6.07 Å². The van der Waals surface area contributed by atoms with Crippen LogP contribution >= 0.6 is 0 Å². The average Bonchev–Trinajstić information content (AvgIpc) is 2.16. The number of nitrogens with zero attached hydrogens (tertiary/aromatic N) is 1. The Hall–Kier alpha value is -1.49. The highest BCUT2D eigenvalue weighted by molar-refractivity contribution is 5.47. The molecule has 0 aromatic heterocycles. The van der Waals surface area contributed by atoms with E-state index in [2.05, 4.69) is 12.5 Å². The Morgan fingerprint density at radius 2 is 2.29 bits per heavy atom. The lowest BCUT2D eigenvalue weighted by molar-refractivity contribution is 0.0988. The van der Waals surface area contributed by atoms with Crippen LogP contribution in [-0.4, -0.2) is 5.60 Å². The Balaban J connectivity index is 2.38. The van der Waals surface area contributed by atoms with Gasteiger partial charge in [-0.25, -0.2) is 0 Å². The van der Waals surface area contributed by atoms with Crippen molar-refractivity contribution >= 4 is 0 Å². The van der Waals surface area contributed by atoms with Gasteiger partial charge < -0.3 is 4.74 Å². The van der Waals surface area contributed by atoms with E-state index >= 15 is 0 Å². The highest BCUT2D eigenvalue weighted by Crippen LogP contribution is 2.34. The third-order valence-corrected chi connectivity index (χ3v) is 2.20. The quantitative estimate of drug-likeness (QED) is 0.622. The fourth-order valence-electron chi connectivity index (χ4n) is 1.47. The molecule has 0 N–H and O–H groups in total. The second kappa shape index (κ2) is 3.02. The molecular weight excluding hydrogens is 174 g/mol. The van der Waals surface area contributed by atoms with Crippen LogP contribution in [0.5, 0.6) is 5.75 Å². The molecule has 0 fully saturated rings. The molecule has 1 aromatic carbocycles. The minimum Gasteiger partial charge on any atom is -0.488 e. The lowest BCUT2D eigenvalue weighted by atomic mass is 9.93. The van der Waals surface area contributed by atoms with Crippen molar-refractivity contribution in [2.45, 2.75) is 25.9 Å². The fourth-order valence-corrected chi connectivity index (χ4v) is 1.47. The first-order valence-corrected chi connectivity index (χ1v) is 4.58. The van der Waals surface area contributed by atoms with Crippen LogP contribution in [0, 0.1) is 17.8 Å². The molecule has 0 saturated carbocycles. The van der Waals surface area contributed by atoms with Crippen LogP contribution in [0.25, 0.3) is 0 Å². The number of rotatable bonds is 0. The van der Waals surface area contributed by atoms with Gasteiger partial charge in [0.1, 0.15) is 11.4 Å². The van der Waals surface area contributed by atoms with E-state index < -0.39 is 0 Å². The molecular formula is C12H11NO. The summed E-state index contributed by atoms with van der Waals surface area (Å²) < 4.78 is 5.75. The molecule has 0 bridgehead atoms. The van der Waals surface area contributed by atoms with Crippen LogP contribution in [-0.2, 0) is 0 Å². The number of benzene rings is 1. The Kier molecular flexibility index (Phi) is 1.96. The molecule has 2 nitrogen and oxygen atoms in total. The third-order valence-electron chi connectivity index (χ3n) is 2.20. The second-order valence-electron chi connectivity index (χ2n) is 4.04. The van der Waals surface area contributed by atoms with E-state index in [4.69, 9.17) is 10.00 Å². The van der Waals surface area contributed by atoms with Crippen molar-refractivity contribution in [1.29, 1.82) is 5.26 Å². The third kappa shape index (κ3) is 1.58. The number of hydrogen-bond acceptors (Lipinski definition) is 2. The number of nitriles is 1. The lowest BCUT2D eigenvalue weighted by Gasteiger charge is -2.32. The monoisotopic (exact) mass is 185 g/mol. The maximum Gasteiger partial charge on any atom is 0.124 e. The van der Waals surface area contributed by atoms with Gasteiger partial charge in [0.15, 0.2) is 0 Å². The van der Waals surface area contributed by atoms with E-state index in [0.717, 1.165) is 17.7 Å². The molecule has 0 spiro atoms. The van der Waals surface area contributed by atoms with Crippen molar-refractivity contribution in [2.24, 2.45) is 0 Å². The van der Waals surface area contributed by atoms with Gasteiger partial charge in [-0.1, -0.05) is 0 Å². The molecule has 70 valence electrons. The van der Waals surface area contributed by atoms with Crippen LogP contribution in [0.3, 0.4) is 0 Å². The van der Waals surface area contributed by atoms with Crippen molar-refractivity contribution < 1.29 is 4.74 Å². The van der Waals surface area contributed by atoms with E-state index in [1.807, 2.05) is 26.0 Å². The van der Waals surface area contributed by atoms with E-state index in [0.29, 0.717) is 5.56 Å². The van der Waals surface area contributed by atoms with Gasteiger partial charge in [-0.15, -0.1) is 0 Å². The van der Waals surface area contributed by atoms with E-state index in [9.17, 15) is 0 Å². The summed E-state index contributed by atoms with van der Waals surface area (Å²) in [7, 11) is 0. The van der Waals surface area contributed by atoms with Crippen molar-refractivity contribution in [3.8, 4) is 11.8 Å². The minimum atomic E-state index is -0.179. The van der Waals surface area contributed by atoms with Crippen LogP contribution in [0.15, 0.2) is 18.2 Å². The zero-order chi connectivity index (χ0) is 10.2. The minimum absolute atomic E-state index is 0.179. The molecule has 0 aliphatic carbocycles. The van der Waals surface area contributed by atoms with Gasteiger partial charge in [0.2, 0.25) is 0 Å². The molecule has 1 aliphatic rings. The topological polar surface area (TPSA) is 33.0 Å². The zero-order valence-corrected chi connectivity index (χ0v) is 8.29. The summed E-state index contributed by atoms with van der Waals surface area (Å²) in [6, 6.07) is 7.51. The standard InChI is InChI=1S/C12H11NO/c1-12(2)6-5-10-7-9(8-13)3-4-11(10)14-12/h3-4,7H,6H2,1-2H3. The lowest BCUT2D eigenvalue weighted by Crippen LogP contribution is -2.31. The Labute approximate surface area is 84.1 Å². The molecule has 0 unspecified atom stereocenters. The summed E-state index contributed by atoms with van der Waals surface area (Å²) in [6.07, 6.45) is 4.01. The maximum atomic E-state index is 8.72. The van der Waals surface area contributed by atoms with Crippen LogP contribution in [0.4, 0.5) is 0 Å². The molecule has 1 aromatic rings. The molecule has 14 heavy (non-hydrogen) atoms. The number of ether oxygens (including phenoxy) is 1. The van der Waals surface area contributed by atoms with E-state index in [1.165, 1.54) is 0 Å². The van der Waals surface area contributed by atoms with Crippen molar-refractivity contribution in [3.63, 3.8) is 0 Å². The second-order valence-corrected chi connectivity index (χ2v) is 4.04. The Bertz CT molecular complexity index is 401. The predicted molar refractivity (Wildman–Crippen MR) is 52.8 cm³/mol. The van der Waals surface area contributed by atoms with Gasteiger partial charge in [-0.2, -0.15) is 5.26 Å². The molecule has 0 atom stereocenters. The molecule has 0 saturated heterocycles. The zero-order valence-electron chi connectivity index (χ0n) is 8.29. The highest BCUT2D eigenvalue weighted by atomic mass is 16.5. The van der Waals surface area contributed by atoms with Crippen molar-refractivity contribution in [1.82, 2.24) is 0 Å². The molecule has 2 heteroatoms. The maximum absolute atomic E-state index is 8.72. The Morgan fingerprint density at radius 3 is 3.00 bits per heavy atom. The number of hydrogen-bond donors (Lipinski definition) is 0. The predicted octanol–water partition coefficient (Wildman–Crippen LogP) is 2.55. The van der Waals surface area contributed by atoms with Crippen LogP contribution in [0.1, 0.15) is 31.4 Å². The molecule has 2 rings (SSSR count). The average molecular weight is 185 g/mol. The summed E-state index contributed by atoms with van der Waals surface area (Å²) in [5, 5.41) is 8.72. The smallest absolute Gasteiger partial charge is 0.124 e. The van der Waals surface area contributed by atoms with Gasteiger partial charge in [0, 0.05) is 12.0 Å². The first-order chi connectivity index (χ1) is 6.61. The van der Waals surface area contributed by atoms with Gasteiger partial charge in [0.25, 0.3) is 0 Å². The molecule has 2 radical (unpaired) electrons. The van der Waals surface area contributed by atoms with Gasteiger partial charge in [-0.05, 0) is 38.5 Å². The largest absolute Gasteiger partial charge is 0.488 e. The summed E-state index contributed by atoms with van der Waals surface area (Å²) in [5.74, 6) is 0.820. The van der Waals surface area contributed by atoms with Gasteiger partial charge >= 0.3 is 0 Å². The number of fused-ring (bicyclic) bond motifs is 1. The molecule has 0 amide bonds. The van der Waals surface area contributed by atoms with Crippen molar-refractivity contribution in [2.75, 3.05) is 0 Å². The first kappa shape index (κ1) is 9.08. The van der Waals surface area contributed by atoms with Crippen LogP contribution in [0.2, 0.25) is 0 Å². The highest BCUT2D eigenvalue weighted by Gasteiger charge is 2.26. The molecule has 1 aliphatic heterocycles.